The zero-order valence-corrected chi connectivity index (χ0v) is 19.0. The monoisotopic (exact) mass is 471 g/mol. The smallest absolute Gasteiger partial charge is 0.326 e. The molecule has 2 aliphatic heterocycles. The van der Waals surface area contributed by atoms with Crippen molar-refractivity contribution in [2.24, 2.45) is 0 Å². The first-order valence-corrected chi connectivity index (χ1v) is 12.4. The van der Waals surface area contributed by atoms with Gasteiger partial charge in [-0.15, -0.1) is 0 Å². The molecule has 174 valence electrons. The number of amides is 3. The van der Waals surface area contributed by atoms with Gasteiger partial charge in [0.25, 0.3) is 5.91 Å². The second kappa shape index (κ2) is 8.95. The molecule has 3 amide bonds. The molecule has 2 aliphatic rings. The van der Waals surface area contributed by atoms with Crippen LogP contribution in [0.2, 0.25) is 0 Å². The molecule has 10 heteroatoms. The maximum atomic E-state index is 13.9. The van der Waals surface area contributed by atoms with Crippen LogP contribution < -0.4 is 5.32 Å². The van der Waals surface area contributed by atoms with Crippen molar-refractivity contribution in [2.45, 2.75) is 18.0 Å². The molecule has 0 aliphatic carbocycles. The molecule has 0 radical (unpaired) electrons. The highest BCUT2D eigenvalue weighted by atomic mass is 32.2. The van der Waals surface area contributed by atoms with E-state index in [1.807, 2.05) is 12.1 Å². The summed E-state index contributed by atoms with van der Waals surface area (Å²) in [6.07, 6.45) is 0.311. The van der Waals surface area contributed by atoms with Crippen molar-refractivity contribution in [1.82, 2.24) is 15.1 Å². The molecule has 4 rings (SSSR count). The van der Waals surface area contributed by atoms with Crippen molar-refractivity contribution in [3.8, 4) is 0 Å². The lowest BCUT2D eigenvalue weighted by atomic mass is 9.83. The Morgan fingerprint density at radius 2 is 1.67 bits per heavy atom. The van der Waals surface area contributed by atoms with Gasteiger partial charge in [0.2, 0.25) is 0 Å². The van der Waals surface area contributed by atoms with E-state index in [1.54, 1.807) is 48.5 Å². The molecule has 2 fully saturated rings. The molecule has 0 bridgehead atoms. The molecular weight excluding hydrogens is 446 g/mol. The zero-order chi connectivity index (χ0) is 23.6. The van der Waals surface area contributed by atoms with E-state index in [0.29, 0.717) is 17.5 Å². The van der Waals surface area contributed by atoms with E-state index in [-0.39, 0.29) is 24.7 Å². The molecule has 2 aromatic carbocycles. The first-order valence-electron chi connectivity index (χ1n) is 10.5. The van der Waals surface area contributed by atoms with Crippen LogP contribution in [0.15, 0.2) is 60.7 Å². The third kappa shape index (κ3) is 4.36. The van der Waals surface area contributed by atoms with Gasteiger partial charge in [-0.2, -0.15) is 0 Å². The van der Waals surface area contributed by atoms with Gasteiger partial charge in [-0.1, -0.05) is 60.7 Å². The van der Waals surface area contributed by atoms with E-state index in [0.717, 1.165) is 4.90 Å². The number of nitrogens with zero attached hydrogens (tertiary/aromatic N) is 2. The predicted octanol–water partition coefficient (Wildman–Crippen LogP) is 1.10. The fraction of sp³-hybridized carbons (Fsp3) is 0.348. The molecule has 1 N–H and O–H groups in total. The zero-order valence-electron chi connectivity index (χ0n) is 18.1. The lowest BCUT2D eigenvalue weighted by Crippen LogP contribution is -2.50. The number of ether oxygens (including phenoxy) is 1. The topological polar surface area (TPSA) is 113 Å². The summed E-state index contributed by atoms with van der Waals surface area (Å²) in [6, 6.07) is 16.7. The number of hydrogen-bond acceptors (Lipinski definition) is 7. The highest BCUT2D eigenvalue weighted by Gasteiger charge is 2.54. The van der Waals surface area contributed by atoms with Gasteiger partial charge in [-0.05, 0) is 17.5 Å². The Bertz CT molecular complexity index is 1110. The Balaban J connectivity index is 1.70. The van der Waals surface area contributed by atoms with Gasteiger partial charge in [-0.3, -0.25) is 14.5 Å². The number of methoxy groups -OCH3 is 1. The van der Waals surface area contributed by atoms with Crippen molar-refractivity contribution in [2.75, 3.05) is 31.8 Å². The second-order valence-electron chi connectivity index (χ2n) is 8.17. The van der Waals surface area contributed by atoms with Gasteiger partial charge in [-0.25, -0.2) is 18.1 Å². The number of rotatable bonds is 7. The number of urea groups is 1. The number of sulfone groups is 1. The van der Waals surface area contributed by atoms with Crippen LogP contribution in [0.1, 0.15) is 17.5 Å². The number of hydrogen-bond donors (Lipinski definition) is 1. The summed E-state index contributed by atoms with van der Waals surface area (Å²) in [6.45, 7) is -0.473. The minimum absolute atomic E-state index is 0.00650. The molecule has 2 saturated heterocycles. The lowest BCUT2D eigenvalue weighted by molar-refractivity contribution is -0.144. The molecule has 2 aromatic rings. The molecular formula is C23H25N3O6S. The van der Waals surface area contributed by atoms with E-state index in [1.165, 1.54) is 12.0 Å². The summed E-state index contributed by atoms with van der Waals surface area (Å²) >= 11 is 0. The highest BCUT2D eigenvalue weighted by Crippen LogP contribution is 2.36. The van der Waals surface area contributed by atoms with Gasteiger partial charge in [0, 0.05) is 6.04 Å². The third-order valence-corrected chi connectivity index (χ3v) is 7.88. The number of carbonyl (C=O) groups excluding carboxylic acids is 3. The number of imide groups is 1. The first-order chi connectivity index (χ1) is 15.8. The molecule has 0 aromatic heterocycles. The normalized spacial score (nSPS) is 21.3. The molecule has 0 unspecified atom stereocenters. The third-order valence-electron chi connectivity index (χ3n) is 6.13. The summed E-state index contributed by atoms with van der Waals surface area (Å²) in [5.74, 6) is -1.23. The Morgan fingerprint density at radius 3 is 2.15 bits per heavy atom. The summed E-state index contributed by atoms with van der Waals surface area (Å²) in [7, 11) is -2.02. The van der Waals surface area contributed by atoms with Crippen molar-refractivity contribution >= 4 is 27.7 Å². The Labute approximate surface area is 192 Å². The van der Waals surface area contributed by atoms with Crippen LogP contribution in [0.25, 0.3) is 0 Å². The number of benzene rings is 2. The number of carbonyl (C=O) groups is 3. The fourth-order valence-electron chi connectivity index (χ4n) is 4.41. The van der Waals surface area contributed by atoms with Crippen molar-refractivity contribution in [1.29, 1.82) is 0 Å². The first kappa shape index (κ1) is 22.9. The van der Waals surface area contributed by atoms with Gasteiger partial charge < -0.3 is 10.1 Å². The standard InChI is InChI=1S/C23H25N3O6S/c1-32-20(27)14-25(19-12-13-33(30,31)15-19)16-26-21(28)23(24-22(26)29,17-8-4-2-5-9-17)18-10-6-3-7-11-18/h2-11,19H,12-16H2,1H3,(H,24,29)/t19-/m1/s1. The molecule has 33 heavy (non-hydrogen) atoms. The average Bonchev–Trinajstić information content (AvgIpc) is 3.31. The van der Waals surface area contributed by atoms with Crippen LogP contribution in [-0.2, 0) is 29.7 Å². The highest BCUT2D eigenvalue weighted by molar-refractivity contribution is 7.91. The minimum atomic E-state index is -3.25. The van der Waals surface area contributed by atoms with Gasteiger partial charge in [0.15, 0.2) is 15.4 Å². The fourth-order valence-corrected chi connectivity index (χ4v) is 6.17. The minimum Gasteiger partial charge on any atom is -0.468 e. The molecule has 1 atom stereocenters. The van der Waals surface area contributed by atoms with Crippen molar-refractivity contribution in [3.05, 3.63) is 71.8 Å². The van der Waals surface area contributed by atoms with E-state index < -0.39 is 39.3 Å². The second-order valence-corrected chi connectivity index (χ2v) is 10.4. The average molecular weight is 472 g/mol. The van der Waals surface area contributed by atoms with E-state index >= 15 is 0 Å². The summed E-state index contributed by atoms with van der Waals surface area (Å²) < 4.78 is 28.8. The van der Waals surface area contributed by atoms with Crippen molar-refractivity contribution in [3.63, 3.8) is 0 Å². The SMILES string of the molecule is COC(=O)CN(CN1C(=O)NC(c2ccccc2)(c2ccccc2)C1=O)[C@@H]1CCS(=O)(=O)C1. The van der Waals surface area contributed by atoms with Crippen LogP contribution in [0.4, 0.5) is 4.79 Å². The van der Waals surface area contributed by atoms with Crippen LogP contribution in [-0.4, -0.2) is 74.0 Å². The quantitative estimate of drug-likeness (QED) is 0.475. The summed E-state index contributed by atoms with van der Waals surface area (Å²) in [5, 5.41) is 2.86. The Hall–Kier alpha value is -3.24. The molecule has 0 spiro atoms. The van der Waals surface area contributed by atoms with Gasteiger partial charge in [0.05, 0.1) is 31.8 Å². The number of esters is 1. The van der Waals surface area contributed by atoms with Crippen molar-refractivity contribution < 1.29 is 27.5 Å². The summed E-state index contributed by atoms with van der Waals surface area (Å²) in [5.41, 5.74) is -0.238. The lowest BCUT2D eigenvalue weighted by Gasteiger charge is -2.31. The predicted molar refractivity (Wildman–Crippen MR) is 120 cm³/mol. The molecule has 2 heterocycles. The van der Waals surface area contributed by atoms with E-state index in [4.69, 9.17) is 4.74 Å². The van der Waals surface area contributed by atoms with Crippen LogP contribution in [0.3, 0.4) is 0 Å². The van der Waals surface area contributed by atoms with E-state index in [9.17, 15) is 22.8 Å². The molecule has 0 saturated carbocycles. The Kier molecular flexibility index (Phi) is 6.22. The maximum absolute atomic E-state index is 13.9. The van der Waals surface area contributed by atoms with Gasteiger partial charge >= 0.3 is 12.0 Å². The summed E-state index contributed by atoms with van der Waals surface area (Å²) in [4.78, 5) is 41.6. The maximum Gasteiger partial charge on any atom is 0.326 e. The van der Waals surface area contributed by atoms with Gasteiger partial charge in [0.1, 0.15) is 0 Å². The number of nitrogens with one attached hydrogen (secondary N) is 1. The largest absolute Gasteiger partial charge is 0.468 e. The molecule has 9 nitrogen and oxygen atoms in total. The van der Waals surface area contributed by atoms with Crippen LogP contribution in [0, 0.1) is 0 Å². The van der Waals surface area contributed by atoms with E-state index in [2.05, 4.69) is 5.32 Å². The Morgan fingerprint density at radius 1 is 1.09 bits per heavy atom. The van der Waals surface area contributed by atoms with Crippen LogP contribution in [0.5, 0.6) is 0 Å². The van der Waals surface area contributed by atoms with Crippen LogP contribution >= 0.6 is 0 Å².